The fourth-order valence-corrected chi connectivity index (χ4v) is 2.54. The molecule has 1 aromatic heterocycles. The number of aryl methyl sites for hydroxylation is 1. The van der Waals surface area contributed by atoms with Crippen molar-refractivity contribution in [3.63, 3.8) is 0 Å². The molecule has 0 aliphatic carbocycles. The zero-order valence-corrected chi connectivity index (χ0v) is 11.5. The number of hydrogen-bond donors (Lipinski definition) is 1. The monoisotopic (exact) mass is 277 g/mol. The van der Waals surface area contributed by atoms with Crippen LogP contribution in [0.2, 0.25) is 5.02 Å². The number of benzene rings is 1. The van der Waals surface area contributed by atoms with Gasteiger partial charge in [-0.3, -0.25) is 0 Å². The third-order valence-corrected chi connectivity index (χ3v) is 3.63. The van der Waals surface area contributed by atoms with E-state index in [4.69, 9.17) is 16.9 Å². The Bertz CT molecular complexity index is 586. The molecule has 92 valence electrons. The van der Waals surface area contributed by atoms with E-state index in [1.54, 1.807) is 23.5 Å². The Kier molecular flexibility index (Phi) is 4.19. The molecule has 5 heteroatoms. The molecule has 1 N–H and O–H groups in total. The molecule has 0 bridgehead atoms. The highest BCUT2D eigenvalue weighted by atomic mass is 35.5. The largest absolute Gasteiger partial charge is 0.384 e. The van der Waals surface area contributed by atoms with E-state index in [1.807, 2.05) is 19.2 Å². The summed E-state index contributed by atoms with van der Waals surface area (Å²) in [5.74, 6) is 0. The van der Waals surface area contributed by atoms with Crippen LogP contribution in [-0.4, -0.2) is 11.5 Å². The molecule has 0 amide bonds. The lowest BCUT2D eigenvalue weighted by atomic mass is 10.2. The first kappa shape index (κ1) is 12.9. The maximum absolute atomic E-state index is 9.00. The first-order chi connectivity index (χ1) is 8.69. The Morgan fingerprint density at radius 2 is 2.33 bits per heavy atom. The maximum atomic E-state index is 9.00. The van der Waals surface area contributed by atoms with Crippen LogP contribution in [0.15, 0.2) is 24.4 Å². The average molecular weight is 278 g/mol. The maximum Gasteiger partial charge on any atom is 0.101 e. The van der Waals surface area contributed by atoms with Crippen molar-refractivity contribution in [2.75, 3.05) is 11.9 Å². The molecular weight excluding hydrogens is 266 g/mol. The second-order valence-corrected chi connectivity index (χ2v) is 5.60. The average Bonchev–Trinajstić information content (AvgIpc) is 2.77. The minimum atomic E-state index is 0.567. The second kappa shape index (κ2) is 5.85. The van der Waals surface area contributed by atoms with Gasteiger partial charge < -0.3 is 5.32 Å². The molecule has 2 aromatic rings. The zero-order valence-electron chi connectivity index (χ0n) is 9.90. The molecule has 18 heavy (non-hydrogen) atoms. The van der Waals surface area contributed by atoms with E-state index < -0.39 is 0 Å². The molecule has 2 rings (SSSR count). The molecule has 0 radical (unpaired) electrons. The van der Waals surface area contributed by atoms with Crippen molar-refractivity contribution in [2.24, 2.45) is 0 Å². The van der Waals surface area contributed by atoms with Crippen molar-refractivity contribution in [3.05, 3.63) is 44.9 Å². The highest BCUT2D eigenvalue weighted by Crippen LogP contribution is 2.20. The van der Waals surface area contributed by atoms with Gasteiger partial charge in [0.1, 0.15) is 6.07 Å². The zero-order chi connectivity index (χ0) is 13.0. The van der Waals surface area contributed by atoms with Crippen LogP contribution in [0.3, 0.4) is 0 Å². The van der Waals surface area contributed by atoms with E-state index in [-0.39, 0.29) is 0 Å². The highest BCUT2D eigenvalue weighted by molar-refractivity contribution is 7.11. The number of aromatic nitrogens is 1. The first-order valence-electron chi connectivity index (χ1n) is 5.54. The van der Waals surface area contributed by atoms with Gasteiger partial charge in [0.15, 0.2) is 0 Å². The highest BCUT2D eigenvalue weighted by Gasteiger charge is 2.03. The van der Waals surface area contributed by atoms with Gasteiger partial charge in [0, 0.05) is 29.1 Å². The molecule has 0 saturated carbocycles. The van der Waals surface area contributed by atoms with E-state index in [1.165, 1.54) is 4.88 Å². The number of rotatable bonds is 4. The van der Waals surface area contributed by atoms with Crippen LogP contribution < -0.4 is 5.32 Å². The van der Waals surface area contributed by atoms with Gasteiger partial charge in [-0.15, -0.1) is 11.3 Å². The molecule has 3 nitrogen and oxygen atoms in total. The van der Waals surface area contributed by atoms with Crippen LogP contribution in [0.1, 0.15) is 15.4 Å². The SMILES string of the molecule is Cc1cnc(CCNc2ccc(Cl)cc2C#N)s1. The van der Waals surface area contributed by atoms with Crippen molar-refractivity contribution in [2.45, 2.75) is 13.3 Å². The van der Waals surface area contributed by atoms with Gasteiger partial charge in [0.2, 0.25) is 0 Å². The van der Waals surface area contributed by atoms with Crippen molar-refractivity contribution in [1.29, 1.82) is 5.26 Å². The molecule has 0 saturated heterocycles. The summed E-state index contributed by atoms with van der Waals surface area (Å²) >= 11 is 7.54. The Labute approximate surface area is 115 Å². The van der Waals surface area contributed by atoms with E-state index in [2.05, 4.69) is 16.4 Å². The van der Waals surface area contributed by atoms with Gasteiger partial charge in [-0.05, 0) is 25.1 Å². The number of halogens is 1. The van der Waals surface area contributed by atoms with Crippen molar-refractivity contribution < 1.29 is 0 Å². The normalized spacial score (nSPS) is 10.1. The molecule has 0 fully saturated rings. The lowest BCUT2D eigenvalue weighted by molar-refractivity contribution is 0.997. The van der Waals surface area contributed by atoms with Crippen LogP contribution >= 0.6 is 22.9 Å². The summed E-state index contributed by atoms with van der Waals surface area (Å²) in [6.07, 6.45) is 2.73. The van der Waals surface area contributed by atoms with Gasteiger partial charge >= 0.3 is 0 Å². The van der Waals surface area contributed by atoms with Gasteiger partial charge in [-0.2, -0.15) is 5.26 Å². The van der Waals surface area contributed by atoms with E-state index in [9.17, 15) is 0 Å². The molecule has 1 heterocycles. The Morgan fingerprint density at radius 1 is 1.50 bits per heavy atom. The number of anilines is 1. The van der Waals surface area contributed by atoms with Crippen LogP contribution in [0, 0.1) is 18.3 Å². The summed E-state index contributed by atoms with van der Waals surface area (Å²) in [5, 5.41) is 13.9. The molecule has 0 atom stereocenters. The fraction of sp³-hybridized carbons (Fsp3) is 0.231. The molecule has 0 spiro atoms. The van der Waals surface area contributed by atoms with Crippen LogP contribution in [-0.2, 0) is 6.42 Å². The lowest BCUT2D eigenvalue weighted by Gasteiger charge is -2.07. The fourth-order valence-electron chi connectivity index (χ4n) is 1.58. The summed E-state index contributed by atoms with van der Waals surface area (Å²) in [6.45, 7) is 2.80. The quantitative estimate of drug-likeness (QED) is 0.928. The Hall–Kier alpha value is -1.57. The molecule has 1 aromatic carbocycles. The predicted octanol–water partition coefficient (Wildman–Crippen LogP) is 3.63. The van der Waals surface area contributed by atoms with E-state index in [0.717, 1.165) is 23.7 Å². The predicted molar refractivity (Wildman–Crippen MR) is 75.2 cm³/mol. The summed E-state index contributed by atoms with van der Waals surface area (Å²) < 4.78 is 0. The van der Waals surface area contributed by atoms with Crippen LogP contribution in [0.5, 0.6) is 0 Å². The third-order valence-electron chi connectivity index (χ3n) is 2.43. The molecule has 0 unspecified atom stereocenters. The van der Waals surface area contributed by atoms with Gasteiger partial charge in [-0.25, -0.2) is 4.98 Å². The van der Waals surface area contributed by atoms with Crippen molar-refractivity contribution in [1.82, 2.24) is 4.98 Å². The first-order valence-corrected chi connectivity index (χ1v) is 6.73. The second-order valence-electron chi connectivity index (χ2n) is 3.84. The summed E-state index contributed by atoms with van der Waals surface area (Å²) in [7, 11) is 0. The van der Waals surface area contributed by atoms with E-state index in [0.29, 0.717) is 10.6 Å². The summed E-state index contributed by atoms with van der Waals surface area (Å²) in [4.78, 5) is 5.51. The topological polar surface area (TPSA) is 48.7 Å². The number of hydrogen-bond acceptors (Lipinski definition) is 4. The number of nitriles is 1. The molecular formula is C13H12ClN3S. The summed E-state index contributed by atoms with van der Waals surface area (Å²) in [5.41, 5.74) is 1.38. The third kappa shape index (κ3) is 3.22. The van der Waals surface area contributed by atoms with Crippen molar-refractivity contribution >= 4 is 28.6 Å². The Morgan fingerprint density at radius 3 is 3.00 bits per heavy atom. The van der Waals surface area contributed by atoms with Gasteiger partial charge in [0.05, 0.1) is 16.3 Å². The number of nitrogens with one attached hydrogen (secondary N) is 1. The minimum absolute atomic E-state index is 0.567. The van der Waals surface area contributed by atoms with Crippen LogP contribution in [0.25, 0.3) is 0 Å². The summed E-state index contributed by atoms with van der Waals surface area (Å²) in [6, 6.07) is 7.40. The smallest absolute Gasteiger partial charge is 0.101 e. The standard InChI is InChI=1S/C13H12ClN3S/c1-9-8-17-13(18-9)4-5-16-12-3-2-11(14)6-10(12)7-15/h2-3,6,8,16H,4-5H2,1H3. The van der Waals surface area contributed by atoms with Gasteiger partial charge in [0.25, 0.3) is 0 Å². The minimum Gasteiger partial charge on any atom is -0.384 e. The van der Waals surface area contributed by atoms with Crippen molar-refractivity contribution in [3.8, 4) is 6.07 Å². The molecule has 0 aliphatic heterocycles. The van der Waals surface area contributed by atoms with Crippen LogP contribution in [0.4, 0.5) is 5.69 Å². The molecule has 0 aliphatic rings. The number of thiazole rings is 1. The van der Waals surface area contributed by atoms with E-state index >= 15 is 0 Å². The Balaban J connectivity index is 1.96. The lowest BCUT2D eigenvalue weighted by Crippen LogP contribution is -2.05. The van der Waals surface area contributed by atoms with Gasteiger partial charge in [-0.1, -0.05) is 11.6 Å². The number of nitrogens with zero attached hydrogens (tertiary/aromatic N) is 2.